The van der Waals surface area contributed by atoms with Crippen LogP contribution in [-0.2, 0) is 0 Å². The lowest BCUT2D eigenvalue weighted by atomic mass is 9.83. The van der Waals surface area contributed by atoms with Gasteiger partial charge in [0.15, 0.2) is 0 Å². The lowest BCUT2D eigenvalue weighted by molar-refractivity contribution is -0.000326. The third-order valence-electron chi connectivity index (χ3n) is 3.05. The zero-order chi connectivity index (χ0) is 10.6. The third-order valence-corrected chi connectivity index (χ3v) is 3.05. The van der Waals surface area contributed by atoms with Gasteiger partial charge in [-0.2, -0.15) is 0 Å². The van der Waals surface area contributed by atoms with E-state index in [9.17, 15) is 5.11 Å². The van der Waals surface area contributed by atoms with E-state index < -0.39 is 5.60 Å². The zero-order valence-corrected chi connectivity index (χ0v) is 9.24. The van der Waals surface area contributed by atoms with E-state index in [4.69, 9.17) is 5.11 Å². The third kappa shape index (κ3) is 2.82. The minimum absolute atomic E-state index is 0.0776. The molecule has 1 aliphatic rings. The molecule has 0 amide bonds. The predicted octanol–water partition coefficient (Wildman–Crippen LogP) is 2.11. The Morgan fingerprint density at radius 3 is 2.79 bits per heavy atom. The molecule has 14 heavy (non-hydrogen) atoms. The van der Waals surface area contributed by atoms with Gasteiger partial charge >= 0.3 is 0 Å². The van der Waals surface area contributed by atoms with Gasteiger partial charge in [0.1, 0.15) is 0 Å². The summed E-state index contributed by atoms with van der Waals surface area (Å²) in [6.45, 7) is 4.36. The Hall–Kier alpha value is -0.340. The highest BCUT2D eigenvalue weighted by Crippen LogP contribution is 2.40. The maximum Gasteiger partial charge on any atom is 0.0712 e. The van der Waals surface area contributed by atoms with Gasteiger partial charge in [0, 0.05) is 5.92 Å². The smallest absolute Gasteiger partial charge is 0.0712 e. The Bertz CT molecular complexity index is 198. The molecule has 1 aliphatic carbocycles. The van der Waals surface area contributed by atoms with Crippen LogP contribution >= 0.6 is 0 Å². The van der Waals surface area contributed by atoms with Crippen molar-refractivity contribution < 1.29 is 10.2 Å². The Kier molecular flexibility index (Phi) is 4.14. The molecular formula is C12H22O2. The van der Waals surface area contributed by atoms with E-state index in [1.807, 2.05) is 6.08 Å². The van der Waals surface area contributed by atoms with Gasteiger partial charge in [-0.25, -0.2) is 0 Å². The van der Waals surface area contributed by atoms with Crippen LogP contribution in [0.5, 0.6) is 0 Å². The highest BCUT2D eigenvalue weighted by molar-refractivity contribution is 5.03. The molecule has 0 aromatic rings. The van der Waals surface area contributed by atoms with Crippen LogP contribution in [-0.4, -0.2) is 22.4 Å². The van der Waals surface area contributed by atoms with Crippen LogP contribution in [0.3, 0.4) is 0 Å². The Morgan fingerprint density at radius 1 is 1.50 bits per heavy atom. The summed E-state index contributed by atoms with van der Waals surface area (Å²) in [4.78, 5) is 0. The van der Waals surface area contributed by atoms with E-state index in [0.717, 1.165) is 25.7 Å². The molecule has 0 unspecified atom stereocenters. The van der Waals surface area contributed by atoms with Gasteiger partial charge in [0.05, 0.1) is 12.2 Å². The standard InChI is InChI=1S/C12H22O2/c1-10(2)9-12(14)7-3-5-11(12)6-4-8-13/h4,6,10-11,13-14H,3,5,7-9H2,1-2H3/b6-4+/t11-,12+/m1/s1. The summed E-state index contributed by atoms with van der Waals surface area (Å²) in [7, 11) is 0. The SMILES string of the molecule is CC(C)C[C@@]1(O)CCC[C@@H]1/C=C/CO. The molecule has 2 heteroatoms. The van der Waals surface area contributed by atoms with E-state index in [-0.39, 0.29) is 12.5 Å². The van der Waals surface area contributed by atoms with Crippen LogP contribution in [0.1, 0.15) is 39.5 Å². The van der Waals surface area contributed by atoms with Crippen molar-refractivity contribution in [1.82, 2.24) is 0 Å². The lowest BCUT2D eigenvalue weighted by Gasteiger charge is -2.30. The van der Waals surface area contributed by atoms with Crippen LogP contribution in [0, 0.1) is 11.8 Å². The molecule has 0 bridgehead atoms. The Labute approximate surface area is 86.6 Å². The minimum Gasteiger partial charge on any atom is -0.392 e. The molecule has 1 fully saturated rings. The lowest BCUT2D eigenvalue weighted by Crippen LogP contribution is -2.33. The summed E-state index contributed by atoms with van der Waals surface area (Å²) < 4.78 is 0. The monoisotopic (exact) mass is 198 g/mol. The first-order valence-corrected chi connectivity index (χ1v) is 5.58. The van der Waals surface area contributed by atoms with E-state index in [1.54, 1.807) is 6.08 Å². The summed E-state index contributed by atoms with van der Waals surface area (Å²) >= 11 is 0. The molecule has 0 aromatic carbocycles. The second kappa shape index (κ2) is 4.94. The number of aliphatic hydroxyl groups is 2. The molecule has 0 spiro atoms. The minimum atomic E-state index is -0.514. The number of rotatable bonds is 4. The summed E-state index contributed by atoms with van der Waals surface area (Å²) in [5, 5.41) is 19.1. The van der Waals surface area contributed by atoms with E-state index in [1.165, 1.54) is 0 Å². The fraction of sp³-hybridized carbons (Fsp3) is 0.833. The normalized spacial score (nSPS) is 33.4. The van der Waals surface area contributed by atoms with Crippen molar-refractivity contribution in [2.45, 2.75) is 45.1 Å². The first-order valence-electron chi connectivity index (χ1n) is 5.58. The van der Waals surface area contributed by atoms with Gasteiger partial charge in [-0.05, 0) is 31.6 Å². The second-order valence-electron chi connectivity index (χ2n) is 4.81. The molecular weight excluding hydrogens is 176 g/mol. The Morgan fingerprint density at radius 2 is 2.21 bits per heavy atom. The van der Waals surface area contributed by atoms with Crippen molar-refractivity contribution in [3.05, 3.63) is 12.2 Å². The fourth-order valence-electron chi connectivity index (χ4n) is 2.54. The van der Waals surface area contributed by atoms with Gasteiger partial charge in [0.25, 0.3) is 0 Å². The predicted molar refractivity (Wildman–Crippen MR) is 58.0 cm³/mol. The van der Waals surface area contributed by atoms with Crippen molar-refractivity contribution >= 4 is 0 Å². The summed E-state index contributed by atoms with van der Waals surface area (Å²) in [6.07, 6.45) is 7.67. The van der Waals surface area contributed by atoms with E-state index in [2.05, 4.69) is 13.8 Å². The number of aliphatic hydroxyl groups excluding tert-OH is 1. The molecule has 0 aromatic heterocycles. The van der Waals surface area contributed by atoms with Crippen LogP contribution in [0.15, 0.2) is 12.2 Å². The fourth-order valence-corrected chi connectivity index (χ4v) is 2.54. The highest BCUT2D eigenvalue weighted by Gasteiger charge is 2.39. The second-order valence-corrected chi connectivity index (χ2v) is 4.81. The van der Waals surface area contributed by atoms with Gasteiger partial charge in [-0.3, -0.25) is 0 Å². The molecule has 0 saturated heterocycles. The maximum absolute atomic E-state index is 10.4. The van der Waals surface area contributed by atoms with Crippen molar-refractivity contribution in [3.8, 4) is 0 Å². The van der Waals surface area contributed by atoms with Crippen molar-refractivity contribution in [3.63, 3.8) is 0 Å². The molecule has 0 radical (unpaired) electrons. The van der Waals surface area contributed by atoms with Gasteiger partial charge in [-0.15, -0.1) is 0 Å². The van der Waals surface area contributed by atoms with Crippen LogP contribution < -0.4 is 0 Å². The summed E-state index contributed by atoms with van der Waals surface area (Å²) in [5.41, 5.74) is -0.514. The van der Waals surface area contributed by atoms with Crippen LogP contribution in [0.2, 0.25) is 0 Å². The molecule has 0 heterocycles. The largest absolute Gasteiger partial charge is 0.392 e. The number of hydrogen-bond acceptors (Lipinski definition) is 2. The summed E-state index contributed by atoms with van der Waals surface area (Å²) in [5.74, 6) is 0.778. The quantitative estimate of drug-likeness (QED) is 0.679. The average Bonchev–Trinajstić information content (AvgIpc) is 2.42. The number of hydrogen-bond donors (Lipinski definition) is 2. The van der Waals surface area contributed by atoms with Crippen LogP contribution in [0.25, 0.3) is 0 Å². The van der Waals surface area contributed by atoms with E-state index in [0.29, 0.717) is 5.92 Å². The first-order chi connectivity index (χ1) is 6.58. The molecule has 0 aliphatic heterocycles. The maximum atomic E-state index is 10.4. The molecule has 82 valence electrons. The molecule has 2 nitrogen and oxygen atoms in total. The zero-order valence-electron chi connectivity index (χ0n) is 9.24. The van der Waals surface area contributed by atoms with Crippen molar-refractivity contribution in [2.75, 3.05) is 6.61 Å². The van der Waals surface area contributed by atoms with Crippen LogP contribution in [0.4, 0.5) is 0 Å². The topological polar surface area (TPSA) is 40.5 Å². The first kappa shape index (κ1) is 11.7. The molecule has 1 rings (SSSR count). The summed E-state index contributed by atoms with van der Waals surface area (Å²) in [6, 6.07) is 0. The Balaban J connectivity index is 2.60. The van der Waals surface area contributed by atoms with Crippen molar-refractivity contribution in [1.29, 1.82) is 0 Å². The van der Waals surface area contributed by atoms with Gasteiger partial charge < -0.3 is 10.2 Å². The molecule has 2 atom stereocenters. The van der Waals surface area contributed by atoms with Gasteiger partial charge in [0.2, 0.25) is 0 Å². The highest BCUT2D eigenvalue weighted by atomic mass is 16.3. The van der Waals surface area contributed by atoms with E-state index >= 15 is 0 Å². The van der Waals surface area contributed by atoms with Crippen molar-refractivity contribution in [2.24, 2.45) is 11.8 Å². The van der Waals surface area contributed by atoms with Gasteiger partial charge in [-0.1, -0.05) is 26.0 Å². The average molecular weight is 198 g/mol. The molecule has 2 N–H and O–H groups in total. The molecule has 1 saturated carbocycles.